The van der Waals surface area contributed by atoms with Gasteiger partial charge < -0.3 is 0 Å². The Bertz CT molecular complexity index is 369. The summed E-state index contributed by atoms with van der Waals surface area (Å²) in [5, 5.41) is 0. The lowest BCUT2D eigenvalue weighted by Crippen LogP contribution is -2.19. The van der Waals surface area contributed by atoms with E-state index in [1.54, 1.807) is 0 Å². The summed E-state index contributed by atoms with van der Waals surface area (Å²) in [5.41, 5.74) is 0.344. The van der Waals surface area contributed by atoms with Crippen molar-refractivity contribution in [3.8, 4) is 0 Å². The highest BCUT2D eigenvalue weighted by molar-refractivity contribution is 7.85. The first-order valence-corrected chi connectivity index (χ1v) is 7.27. The van der Waals surface area contributed by atoms with Gasteiger partial charge in [0.2, 0.25) is 0 Å². The molecule has 2 bridgehead atoms. The van der Waals surface area contributed by atoms with Gasteiger partial charge in [0, 0.05) is 12.3 Å². The number of fused-ring (bicyclic) bond motifs is 2. The molecule has 2 atom stereocenters. The van der Waals surface area contributed by atoms with Gasteiger partial charge in [0.15, 0.2) is 0 Å². The predicted molar refractivity (Wildman–Crippen MR) is 61.7 cm³/mol. The van der Waals surface area contributed by atoms with Crippen LogP contribution in [-0.4, -0.2) is 24.5 Å². The minimum absolute atomic E-state index is 0.201. The molecule has 0 aromatic rings. The molecule has 5 heteroatoms. The van der Waals surface area contributed by atoms with Crippen molar-refractivity contribution in [2.24, 2.45) is 17.3 Å². The zero-order chi connectivity index (χ0) is 12.6. The number of hydrogen-bond donors (Lipinski definition) is 1. The predicted octanol–water partition coefficient (Wildman–Crippen LogP) is 1.91. The maximum Gasteiger partial charge on any atom is 0.264 e. The zero-order valence-corrected chi connectivity index (χ0v) is 10.9. The Balaban J connectivity index is 0.000000187. The van der Waals surface area contributed by atoms with Gasteiger partial charge in [-0.15, -0.1) is 0 Å². The van der Waals surface area contributed by atoms with Gasteiger partial charge in [-0.25, -0.2) is 0 Å². The molecule has 0 aliphatic heterocycles. The Morgan fingerprint density at radius 3 is 2.00 bits per heavy atom. The van der Waals surface area contributed by atoms with E-state index in [0.717, 1.165) is 12.8 Å². The van der Waals surface area contributed by atoms with Crippen LogP contribution in [0.25, 0.3) is 0 Å². The monoisotopic (exact) mass is 248 g/mol. The molecule has 2 saturated carbocycles. The van der Waals surface area contributed by atoms with Crippen molar-refractivity contribution in [1.29, 1.82) is 0 Å². The molecule has 0 saturated heterocycles. The van der Waals surface area contributed by atoms with Crippen molar-refractivity contribution in [3.63, 3.8) is 0 Å². The number of Topliss-reactive ketones (excluding diaryl/α,β-unsaturated/α-hetero) is 1. The molecule has 1 N–H and O–H groups in total. The molecule has 16 heavy (non-hydrogen) atoms. The molecule has 0 heterocycles. The molecule has 0 amide bonds. The Morgan fingerprint density at radius 2 is 1.88 bits per heavy atom. The minimum atomic E-state index is -3.66. The van der Waals surface area contributed by atoms with Crippen LogP contribution < -0.4 is 0 Å². The first-order valence-electron chi connectivity index (χ1n) is 5.66. The summed E-state index contributed by atoms with van der Waals surface area (Å²) in [6, 6.07) is 0. The summed E-state index contributed by atoms with van der Waals surface area (Å²) in [4.78, 5) is 11.3. The fraction of sp³-hybridized carbons (Fsp3) is 0.909. The van der Waals surface area contributed by atoms with Crippen LogP contribution in [0.2, 0.25) is 0 Å². The molecule has 0 aromatic heterocycles. The van der Waals surface area contributed by atoms with Gasteiger partial charge in [0.1, 0.15) is 5.78 Å². The third-order valence-electron chi connectivity index (χ3n) is 3.96. The topological polar surface area (TPSA) is 71.4 Å². The van der Waals surface area contributed by atoms with Crippen LogP contribution in [0.3, 0.4) is 0 Å². The lowest BCUT2D eigenvalue weighted by atomic mass is 9.82. The summed E-state index contributed by atoms with van der Waals surface area (Å²) < 4.78 is 26.9. The van der Waals surface area contributed by atoms with Crippen molar-refractivity contribution < 1.29 is 17.8 Å². The third kappa shape index (κ3) is 2.83. The molecule has 2 rings (SSSR count). The summed E-state index contributed by atoms with van der Waals surface area (Å²) in [6.07, 6.45) is 3.33. The van der Waals surface area contributed by atoms with Crippen LogP contribution in [0, 0.1) is 17.3 Å². The van der Waals surface area contributed by atoms with E-state index >= 15 is 0 Å². The van der Waals surface area contributed by atoms with Gasteiger partial charge in [-0.05, 0) is 31.1 Å². The molecule has 4 nitrogen and oxygen atoms in total. The van der Waals surface area contributed by atoms with Crippen LogP contribution in [0.15, 0.2) is 0 Å². The second-order valence-electron chi connectivity index (χ2n) is 5.19. The first kappa shape index (κ1) is 13.6. The van der Waals surface area contributed by atoms with Gasteiger partial charge in [-0.1, -0.05) is 13.8 Å². The number of rotatable bonds is 1. The van der Waals surface area contributed by atoms with Crippen LogP contribution in [0.1, 0.15) is 40.0 Å². The van der Waals surface area contributed by atoms with Crippen LogP contribution in [0.5, 0.6) is 0 Å². The van der Waals surface area contributed by atoms with E-state index in [1.807, 2.05) is 0 Å². The quantitative estimate of drug-likeness (QED) is 0.719. The largest absolute Gasteiger partial charge is 0.299 e. The Kier molecular flexibility index (Phi) is 3.80. The van der Waals surface area contributed by atoms with Crippen LogP contribution in [0.4, 0.5) is 0 Å². The smallest absolute Gasteiger partial charge is 0.264 e. The lowest BCUT2D eigenvalue weighted by molar-refractivity contribution is -0.122. The van der Waals surface area contributed by atoms with Crippen LogP contribution >= 0.6 is 0 Å². The van der Waals surface area contributed by atoms with Gasteiger partial charge in [0.25, 0.3) is 10.1 Å². The number of ketones is 1. The van der Waals surface area contributed by atoms with E-state index < -0.39 is 10.1 Å². The molecule has 2 fully saturated rings. The number of hydrogen-bond acceptors (Lipinski definition) is 3. The van der Waals surface area contributed by atoms with E-state index in [4.69, 9.17) is 4.55 Å². The molecule has 0 radical (unpaired) electrons. The molecular formula is C11H20O4S. The molecule has 0 spiro atoms. The number of carbonyl (C=O) groups is 1. The molecule has 2 aliphatic rings. The highest BCUT2D eigenvalue weighted by atomic mass is 32.2. The maximum absolute atomic E-state index is 11.3. The second-order valence-corrected chi connectivity index (χ2v) is 6.93. The van der Waals surface area contributed by atoms with Gasteiger partial charge in [-0.3, -0.25) is 9.35 Å². The normalized spacial score (nSPS) is 31.1. The molecule has 2 unspecified atom stereocenters. The fourth-order valence-electron chi connectivity index (χ4n) is 2.72. The van der Waals surface area contributed by atoms with Crippen molar-refractivity contribution in [3.05, 3.63) is 0 Å². The van der Waals surface area contributed by atoms with Crippen LogP contribution in [-0.2, 0) is 14.9 Å². The first-order chi connectivity index (χ1) is 7.18. The average Bonchev–Trinajstić information content (AvgIpc) is 2.54. The SMILES string of the molecule is CC1(C)C2CCC1C(=O)C2.CCS(=O)(=O)O. The van der Waals surface area contributed by atoms with Crippen molar-refractivity contribution in [2.75, 3.05) is 5.75 Å². The van der Waals surface area contributed by atoms with E-state index in [2.05, 4.69) is 13.8 Å². The number of carbonyl (C=O) groups excluding carboxylic acids is 1. The maximum atomic E-state index is 11.3. The summed E-state index contributed by atoms with van der Waals surface area (Å²) in [5.74, 6) is 1.45. The van der Waals surface area contributed by atoms with Crippen molar-refractivity contribution in [2.45, 2.75) is 40.0 Å². The van der Waals surface area contributed by atoms with Gasteiger partial charge >= 0.3 is 0 Å². The van der Waals surface area contributed by atoms with Crippen molar-refractivity contribution >= 4 is 15.9 Å². The second kappa shape index (κ2) is 4.45. The summed E-state index contributed by atoms with van der Waals surface area (Å²) >= 11 is 0. The Hall–Kier alpha value is -0.420. The molecule has 0 aromatic carbocycles. The molecular weight excluding hydrogens is 228 g/mol. The highest BCUT2D eigenvalue weighted by Crippen LogP contribution is 2.55. The van der Waals surface area contributed by atoms with Crippen molar-refractivity contribution in [1.82, 2.24) is 0 Å². The molecule has 2 aliphatic carbocycles. The zero-order valence-electron chi connectivity index (χ0n) is 10.1. The highest BCUT2D eigenvalue weighted by Gasteiger charge is 2.52. The standard InChI is InChI=1S/C9H14O.C2H6O3S/c1-9(2)6-3-4-7(9)8(10)5-6;1-2-6(3,4)5/h6-7H,3-5H2,1-2H3;2H2,1H3,(H,3,4,5). The van der Waals surface area contributed by atoms with E-state index in [0.29, 0.717) is 23.0 Å². The van der Waals surface area contributed by atoms with E-state index in [1.165, 1.54) is 13.3 Å². The summed E-state index contributed by atoms with van der Waals surface area (Å²) in [6.45, 7) is 5.87. The fourth-order valence-corrected chi connectivity index (χ4v) is 2.72. The lowest BCUT2D eigenvalue weighted by Gasteiger charge is -2.21. The Labute approximate surface area is 97.2 Å². The molecule has 94 valence electrons. The average molecular weight is 248 g/mol. The Morgan fingerprint density at radius 1 is 1.38 bits per heavy atom. The van der Waals surface area contributed by atoms with E-state index in [-0.39, 0.29) is 5.75 Å². The minimum Gasteiger partial charge on any atom is -0.299 e. The van der Waals surface area contributed by atoms with Gasteiger partial charge in [-0.2, -0.15) is 8.42 Å². The van der Waals surface area contributed by atoms with E-state index in [9.17, 15) is 13.2 Å². The third-order valence-corrected chi connectivity index (χ3v) is 4.68. The van der Waals surface area contributed by atoms with Gasteiger partial charge in [0.05, 0.1) is 5.75 Å². The summed E-state index contributed by atoms with van der Waals surface area (Å²) in [7, 11) is -3.66.